The van der Waals surface area contributed by atoms with Gasteiger partial charge in [0, 0.05) is 12.5 Å². The molecule has 5 nitrogen and oxygen atoms in total. The third-order valence-corrected chi connectivity index (χ3v) is 3.01. The molecule has 2 atom stereocenters. The summed E-state index contributed by atoms with van der Waals surface area (Å²) in [5, 5.41) is 11.6. The van der Waals surface area contributed by atoms with Gasteiger partial charge in [0.15, 0.2) is 0 Å². The lowest BCUT2D eigenvalue weighted by atomic mass is 10.0. The van der Waals surface area contributed by atoms with Gasteiger partial charge in [-0.3, -0.25) is 9.59 Å². The summed E-state index contributed by atoms with van der Waals surface area (Å²) >= 11 is 0. The van der Waals surface area contributed by atoms with Crippen molar-refractivity contribution >= 4 is 11.9 Å². The second kappa shape index (κ2) is 6.59. The summed E-state index contributed by atoms with van der Waals surface area (Å²) in [6.45, 7) is 4.87. The van der Waals surface area contributed by atoms with Crippen molar-refractivity contribution in [2.45, 2.75) is 39.2 Å². The molecule has 1 rings (SSSR count). The number of amides is 1. The third kappa shape index (κ3) is 4.73. The molecule has 2 unspecified atom stereocenters. The van der Waals surface area contributed by atoms with Crippen molar-refractivity contribution in [2.24, 2.45) is 11.8 Å². The van der Waals surface area contributed by atoms with Crippen LogP contribution < -0.4 is 5.32 Å². The molecule has 98 valence electrons. The fourth-order valence-electron chi connectivity index (χ4n) is 2.06. The number of nitrogens with one attached hydrogen (secondary N) is 1. The summed E-state index contributed by atoms with van der Waals surface area (Å²) in [6.07, 6.45) is 1.91. The smallest absolute Gasteiger partial charge is 0.306 e. The highest BCUT2D eigenvalue weighted by atomic mass is 16.5. The van der Waals surface area contributed by atoms with Gasteiger partial charge in [-0.1, -0.05) is 0 Å². The van der Waals surface area contributed by atoms with Crippen LogP contribution in [0.3, 0.4) is 0 Å². The predicted octanol–water partition coefficient (Wildman–Crippen LogP) is 1.03. The molecule has 1 fully saturated rings. The van der Waals surface area contributed by atoms with Crippen molar-refractivity contribution in [1.82, 2.24) is 5.32 Å². The van der Waals surface area contributed by atoms with Gasteiger partial charge < -0.3 is 15.2 Å². The van der Waals surface area contributed by atoms with E-state index in [4.69, 9.17) is 9.84 Å². The van der Waals surface area contributed by atoms with Crippen molar-refractivity contribution in [2.75, 3.05) is 13.2 Å². The molecule has 1 aliphatic rings. The van der Waals surface area contributed by atoms with Crippen LogP contribution in [0.25, 0.3) is 0 Å². The number of ether oxygens (including phenoxy) is 1. The minimum absolute atomic E-state index is 0.0406. The fraction of sp³-hybridized carbons (Fsp3) is 0.833. The van der Waals surface area contributed by atoms with Gasteiger partial charge in [0.05, 0.1) is 18.6 Å². The van der Waals surface area contributed by atoms with Gasteiger partial charge in [0.1, 0.15) is 0 Å². The minimum Gasteiger partial charge on any atom is -0.481 e. The average Bonchev–Trinajstić information content (AvgIpc) is 2.73. The van der Waals surface area contributed by atoms with E-state index in [0.717, 1.165) is 0 Å². The molecule has 17 heavy (non-hydrogen) atoms. The van der Waals surface area contributed by atoms with Crippen LogP contribution in [0.15, 0.2) is 0 Å². The number of carbonyl (C=O) groups excluding carboxylic acids is 1. The van der Waals surface area contributed by atoms with Gasteiger partial charge in [0.25, 0.3) is 0 Å². The predicted molar refractivity (Wildman–Crippen MR) is 62.6 cm³/mol. The lowest BCUT2D eigenvalue weighted by Crippen LogP contribution is -2.32. The summed E-state index contributed by atoms with van der Waals surface area (Å²) in [5.41, 5.74) is 0. The van der Waals surface area contributed by atoms with Gasteiger partial charge in [-0.05, 0) is 33.1 Å². The number of carboxylic acids is 1. The average molecular weight is 243 g/mol. The number of hydrogen-bond acceptors (Lipinski definition) is 3. The molecule has 1 aliphatic carbocycles. The maximum Gasteiger partial charge on any atom is 0.306 e. The van der Waals surface area contributed by atoms with Crippen LogP contribution in [0.1, 0.15) is 33.1 Å². The first-order valence-electron chi connectivity index (χ1n) is 6.12. The summed E-state index contributed by atoms with van der Waals surface area (Å²) < 4.78 is 5.31. The zero-order chi connectivity index (χ0) is 12.8. The Morgan fingerprint density at radius 3 is 2.53 bits per heavy atom. The van der Waals surface area contributed by atoms with Gasteiger partial charge >= 0.3 is 5.97 Å². The highest BCUT2D eigenvalue weighted by Crippen LogP contribution is 2.30. The van der Waals surface area contributed by atoms with E-state index in [1.165, 1.54) is 0 Å². The van der Waals surface area contributed by atoms with Crippen LogP contribution in [0.4, 0.5) is 0 Å². The summed E-state index contributed by atoms with van der Waals surface area (Å²) in [4.78, 5) is 22.5. The van der Waals surface area contributed by atoms with Crippen molar-refractivity contribution < 1.29 is 19.4 Å². The van der Waals surface area contributed by atoms with Crippen LogP contribution in [-0.2, 0) is 14.3 Å². The quantitative estimate of drug-likeness (QED) is 0.683. The minimum atomic E-state index is -0.788. The number of rotatable bonds is 6. The normalized spacial score (nSPS) is 23.9. The number of aliphatic carboxylic acids is 1. The first-order chi connectivity index (χ1) is 8.00. The first kappa shape index (κ1) is 14.0. The van der Waals surface area contributed by atoms with Crippen LogP contribution in [-0.4, -0.2) is 36.2 Å². The Labute approximate surface area is 102 Å². The third-order valence-electron chi connectivity index (χ3n) is 3.01. The Morgan fingerprint density at radius 1 is 1.35 bits per heavy atom. The lowest BCUT2D eigenvalue weighted by Gasteiger charge is -2.12. The molecular weight excluding hydrogens is 222 g/mol. The fourth-order valence-corrected chi connectivity index (χ4v) is 2.06. The molecule has 0 aliphatic heterocycles. The lowest BCUT2D eigenvalue weighted by molar-refractivity contribution is -0.141. The second-order valence-corrected chi connectivity index (χ2v) is 4.76. The first-order valence-corrected chi connectivity index (χ1v) is 6.12. The molecule has 0 spiro atoms. The highest BCUT2D eigenvalue weighted by Gasteiger charge is 2.33. The van der Waals surface area contributed by atoms with E-state index in [2.05, 4.69) is 5.32 Å². The number of carboxylic acid groups (broad SMARTS) is 1. The Balaban J connectivity index is 2.19. The maximum atomic E-state index is 11.7. The van der Waals surface area contributed by atoms with E-state index >= 15 is 0 Å². The molecule has 0 aromatic rings. The van der Waals surface area contributed by atoms with Crippen LogP contribution in [0.2, 0.25) is 0 Å². The molecule has 0 heterocycles. The standard InChI is InChI=1S/C12H21NO4/c1-8(2)17-6-5-13-11(14)9-3-4-10(7-9)12(15)16/h8-10H,3-7H2,1-2H3,(H,13,14)(H,15,16). The maximum absolute atomic E-state index is 11.7. The van der Waals surface area contributed by atoms with E-state index in [1.54, 1.807) is 0 Å². The van der Waals surface area contributed by atoms with E-state index in [-0.39, 0.29) is 23.8 Å². The molecule has 1 amide bonds. The summed E-state index contributed by atoms with van der Waals surface area (Å²) in [5.74, 6) is -1.32. The van der Waals surface area contributed by atoms with Crippen LogP contribution >= 0.6 is 0 Å². The monoisotopic (exact) mass is 243 g/mol. The van der Waals surface area contributed by atoms with E-state index in [1.807, 2.05) is 13.8 Å². The van der Waals surface area contributed by atoms with Crippen molar-refractivity contribution in [3.05, 3.63) is 0 Å². The molecular formula is C12H21NO4. The van der Waals surface area contributed by atoms with Crippen molar-refractivity contribution in [3.8, 4) is 0 Å². The van der Waals surface area contributed by atoms with Crippen molar-refractivity contribution in [1.29, 1.82) is 0 Å². The van der Waals surface area contributed by atoms with E-state index in [0.29, 0.717) is 32.4 Å². The van der Waals surface area contributed by atoms with Gasteiger partial charge in [0.2, 0.25) is 5.91 Å². The summed E-state index contributed by atoms with van der Waals surface area (Å²) in [6, 6.07) is 0. The SMILES string of the molecule is CC(C)OCCNC(=O)C1CCC(C(=O)O)C1. The van der Waals surface area contributed by atoms with Crippen LogP contribution in [0.5, 0.6) is 0 Å². The number of hydrogen-bond donors (Lipinski definition) is 2. The molecule has 2 N–H and O–H groups in total. The molecule has 0 aromatic heterocycles. The molecule has 0 radical (unpaired) electrons. The zero-order valence-corrected chi connectivity index (χ0v) is 10.4. The largest absolute Gasteiger partial charge is 0.481 e. The molecule has 0 aromatic carbocycles. The summed E-state index contributed by atoms with van der Waals surface area (Å²) in [7, 11) is 0. The van der Waals surface area contributed by atoms with Gasteiger partial charge in [-0.2, -0.15) is 0 Å². The van der Waals surface area contributed by atoms with E-state index in [9.17, 15) is 9.59 Å². The van der Waals surface area contributed by atoms with Gasteiger partial charge in [-0.15, -0.1) is 0 Å². The van der Waals surface area contributed by atoms with E-state index < -0.39 is 5.97 Å². The van der Waals surface area contributed by atoms with Crippen molar-refractivity contribution in [3.63, 3.8) is 0 Å². The highest BCUT2D eigenvalue weighted by molar-refractivity contribution is 5.80. The molecule has 5 heteroatoms. The van der Waals surface area contributed by atoms with Gasteiger partial charge in [-0.25, -0.2) is 0 Å². The Kier molecular flexibility index (Phi) is 5.41. The van der Waals surface area contributed by atoms with Crippen LogP contribution in [0, 0.1) is 11.8 Å². The molecule has 0 bridgehead atoms. The zero-order valence-electron chi connectivity index (χ0n) is 10.4. The topological polar surface area (TPSA) is 75.6 Å². The Morgan fingerprint density at radius 2 is 2.00 bits per heavy atom. The Bertz CT molecular complexity index is 278. The molecule has 0 saturated heterocycles. The second-order valence-electron chi connectivity index (χ2n) is 4.76. The Hall–Kier alpha value is -1.10. The number of carbonyl (C=O) groups is 2. The molecule has 1 saturated carbocycles.